The molecule has 80 heavy (non-hydrogen) atoms. The second kappa shape index (κ2) is 18.6. The summed E-state index contributed by atoms with van der Waals surface area (Å²) in [6, 6.07) is 99.8. The Morgan fingerprint density at radius 3 is 1.07 bits per heavy atom. The van der Waals surface area contributed by atoms with Gasteiger partial charge in [0.2, 0.25) is 0 Å². The molecule has 12 aromatic carbocycles. The van der Waals surface area contributed by atoms with E-state index in [2.05, 4.69) is 97.1 Å². The molecule has 2 aliphatic rings. The molecule has 0 aliphatic heterocycles. The lowest BCUT2D eigenvalue weighted by molar-refractivity contribution is 0.591. The van der Waals surface area contributed by atoms with E-state index in [9.17, 15) is 0 Å². The Hall–Kier alpha value is -8.87. The zero-order chi connectivity index (χ0) is 53.6. The van der Waals surface area contributed by atoms with E-state index < -0.39 is 26.8 Å². The first kappa shape index (κ1) is 48.3. The van der Waals surface area contributed by atoms with Crippen LogP contribution < -0.4 is 47.7 Å². The van der Waals surface area contributed by atoms with Gasteiger partial charge in [0.05, 0.1) is 5.41 Å². The summed E-state index contributed by atoms with van der Waals surface area (Å²) in [4.78, 5) is 0. The fourth-order valence-corrected chi connectivity index (χ4v) is 21.1. The number of furan rings is 1. The minimum Gasteiger partial charge on any atom is -0.456 e. The van der Waals surface area contributed by atoms with Crippen molar-refractivity contribution in [1.29, 1.82) is 0 Å². The van der Waals surface area contributed by atoms with E-state index in [1.807, 2.05) is 200 Å². The minimum atomic E-state index is -3.57. The lowest BCUT2D eigenvalue weighted by Gasteiger charge is -2.31. The third-order valence-electron chi connectivity index (χ3n) is 16.7. The maximum Gasteiger partial charge on any atom is 0.171 e. The molecule has 2 atom stereocenters. The van der Waals surface area contributed by atoms with Gasteiger partial charge in [0.1, 0.15) is 11.2 Å². The van der Waals surface area contributed by atoms with Gasteiger partial charge in [-0.2, -0.15) is 0 Å². The standard InChI is InChI=1S/C73H49O4P3/c74-78(52-22-6-1-7-23-52,53-24-8-2-9-25-53)58-39-43-71-65(47-58)66-48-59(40-44-72(66)77-71)80(76,56-30-14-5-15-31-56)57-32-20-21-50(45-57)51-37-42-69-64(46-51)62-34-17-19-36-68(62)73(69)67-35-18-16-33-61(67)63-41-38-60(49-70(63)73)79(75,54-26-10-3-11-27-54)55-28-12-4-13-29-55/h1-49H. The summed E-state index contributed by atoms with van der Waals surface area (Å²) in [5.41, 5.74) is 11.8. The molecule has 4 nitrogen and oxygen atoms in total. The van der Waals surface area contributed by atoms with Gasteiger partial charge in [-0.3, -0.25) is 0 Å². The van der Waals surface area contributed by atoms with Crippen LogP contribution >= 0.6 is 21.4 Å². The van der Waals surface area contributed by atoms with E-state index in [0.717, 1.165) is 76.0 Å². The highest BCUT2D eigenvalue weighted by Gasteiger charge is 2.52. The first-order chi connectivity index (χ1) is 39.3. The lowest BCUT2D eigenvalue weighted by atomic mass is 9.70. The second-order valence-electron chi connectivity index (χ2n) is 20.9. The van der Waals surface area contributed by atoms with Crippen LogP contribution in [0.1, 0.15) is 22.3 Å². The number of hydrogen-bond donors (Lipinski definition) is 0. The maximum absolute atomic E-state index is 16.6. The van der Waals surface area contributed by atoms with Crippen molar-refractivity contribution >= 4 is 91.1 Å². The van der Waals surface area contributed by atoms with Crippen LogP contribution in [0.3, 0.4) is 0 Å². The summed E-state index contributed by atoms with van der Waals surface area (Å²) < 4.78 is 54.8. The van der Waals surface area contributed by atoms with E-state index in [1.165, 1.54) is 22.3 Å². The van der Waals surface area contributed by atoms with E-state index in [1.54, 1.807) is 0 Å². The number of benzene rings is 12. The quantitative estimate of drug-likeness (QED) is 0.128. The SMILES string of the molecule is O=P(c1ccccc1)(c1ccccc1)c1ccc2c(c1)C1(c3ccccc3-c3cc(-c4cccc(P(=O)(c5ccccc5)c5ccc6oc7ccc(P(=O)(c8ccccc8)c8ccccc8)cc7c6c5)c4)ccc31)c1ccccc1-2. The molecule has 0 bridgehead atoms. The Bertz CT molecular complexity index is 4660. The van der Waals surface area contributed by atoms with Crippen LogP contribution in [0.15, 0.2) is 302 Å². The molecule has 0 amide bonds. The number of hydrogen-bond acceptors (Lipinski definition) is 4. The average molecular weight is 1080 g/mol. The molecule has 2 aliphatic carbocycles. The van der Waals surface area contributed by atoms with Crippen LogP contribution in [-0.2, 0) is 19.1 Å². The van der Waals surface area contributed by atoms with Crippen LogP contribution in [0.4, 0.5) is 0 Å². The zero-order valence-electron chi connectivity index (χ0n) is 43.3. The number of rotatable bonds is 10. The van der Waals surface area contributed by atoms with Gasteiger partial charge in [-0.15, -0.1) is 0 Å². The molecule has 15 rings (SSSR count). The van der Waals surface area contributed by atoms with Crippen LogP contribution in [0.2, 0.25) is 0 Å². The Kier molecular flexibility index (Phi) is 11.2. The van der Waals surface area contributed by atoms with Crippen molar-refractivity contribution < 1.29 is 18.1 Å². The Morgan fingerprint density at radius 2 is 0.588 bits per heavy atom. The van der Waals surface area contributed by atoms with E-state index in [4.69, 9.17) is 4.42 Å². The highest BCUT2D eigenvalue weighted by atomic mass is 31.2. The second-order valence-corrected chi connectivity index (χ2v) is 29.2. The topological polar surface area (TPSA) is 64.3 Å². The van der Waals surface area contributed by atoms with Crippen molar-refractivity contribution in [2.75, 3.05) is 0 Å². The van der Waals surface area contributed by atoms with Crippen molar-refractivity contribution in [3.05, 3.63) is 320 Å². The van der Waals surface area contributed by atoms with Crippen molar-refractivity contribution in [3.8, 4) is 33.4 Å². The predicted molar refractivity (Wildman–Crippen MR) is 334 cm³/mol. The molecule has 13 aromatic rings. The molecular weight excluding hydrogens is 1030 g/mol. The van der Waals surface area contributed by atoms with Crippen molar-refractivity contribution in [3.63, 3.8) is 0 Å². The fourth-order valence-electron chi connectivity index (χ4n) is 13.1. The minimum absolute atomic E-state index is 0.657. The third-order valence-corrected chi connectivity index (χ3v) is 25.9. The molecule has 0 saturated heterocycles. The van der Waals surface area contributed by atoms with Crippen LogP contribution in [0.5, 0.6) is 0 Å². The van der Waals surface area contributed by atoms with Gasteiger partial charge < -0.3 is 18.1 Å². The summed E-state index contributed by atoms with van der Waals surface area (Å²) in [5.74, 6) is 0. The van der Waals surface area contributed by atoms with Crippen LogP contribution in [-0.4, -0.2) is 0 Å². The van der Waals surface area contributed by atoms with Gasteiger partial charge in [-0.05, 0) is 110 Å². The van der Waals surface area contributed by atoms with E-state index in [0.29, 0.717) is 27.1 Å². The smallest absolute Gasteiger partial charge is 0.171 e. The van der Waals surface area contributed by atoms with Crippen molar-refractivity contribution in [2.45, 2.75) is 5.41 Å². The molecular formula is C73H49O4P3. The Morgan fingerprint density at radius 1 is 0.237 bits per heavy atom. The largest absolute Gasteiger partial charge is 0.456 e. The number of fused-ring (bicyclic) bond motifs is 13. The zero-order valence-corrected chi connectivity index (χ0v) is 45.9. The molecule has 7 heteroatoms. The molecule has 1 heterocycles. The molecule has 0 radical (unpaired) electrons. The Labute approximate surface area is 464 Å². The van der Waals surface area contributed by atoms with Crippen LogP contribution in [0.25, 0.3) is 55.3 Å². The van der Waals surface area contributed by atoms with Gasteiger partial charge >= 0.3 is 0 Å². The summed E-state index contributed by atoms with van der Waals surface area (Å²) >= 11 is 0. The van der Waals surface area contributed by atoms with Gasteiger partial charge in [-0.1, -0.05) is 243 Å². The predicted octanol–water partition coefficient (Wildman–Crippen LogP) is 14.5. The molecule has 0 N–H and O–H groups in total. The first-order valence-electron chi connectivity index (χ1n) is 27.0. The molecule has 380 valence electrons. The van der Waals surface area contributed by atoms with Gasteiger partial charge in [-0.25, -0.2) is 0 Å². The lowest BCUT2D eigenvalue weighted by Crippen LogP contribution is -2.29. The summed E-state index contributed by atoms with van der Waals surface area (Å²) in [7, 11) is -10.2. The maximum atomic E-state index is 16.6. The van der Waals surface area contributed by atoms with Crippen molar-refractivity contribution in [1.82, 2.24) is 0 Å². The van der Waals surface area contributed by atoms with Gasteiger partial charge in [0, 0.05) is 58.5 Å². The van der Waals surface area contributed by atoms with Gasteiger partial charge in [0.25, 0.3) is 0 Å². The first-order valence-corrected chi connectivity index (χ1v) is 32.1. The summed E-state index contributed by atoms with van der Waals surface area (Å²) in [6.45, 7) is 0. The Balaban J connectivity index is 0.876. The molecule has 1 aromatic heterocycles. The monoisotopic (exact) mass is 1080 g/mol. The van der Waals surface area contributed by atoms with Gasteiger partial charge in [0.15, 0.2) is 21.4 Å². The fraction of sp³-hybridized carbons (Fsp3) is 0.0137. The van der Waals surface area contributed by atoms with Crippen molar-refractivity contribution in [2.24, 2.45) is 0 Å². The highest BCUT2D eigenvalue weighted by Crippen LogP contribution is 2.63. The molecule has 2 unspecified atom stereocenters. The molecule has 0 fully saturated rings. The normalized spacial score (nSPS) is 15.1. The summed E-state index contributed by atoms with van der Waals surface area (Å²) in [5, 5.41) is 8.28. The van der Waals surface area contributed by atoms with E-state index >= 15 is 13.7 Å². The average Bonchev–Trinajstić information content (AvgIpc) is 4.37. The molecule has 0 saturated carbocycles. The van der Waals surface area contributed by atoms with E-state index in [-0.39, 0.29) is 0 Å². The van der Waals surface area contributed by atoms with Crippen LogP contribution in [0, 0.1) is 0 Å². The third kappa shape index (κ3) is 7.06. The molecule has 1 spiro atoms. The summed E-state index contributed by atoms with van der Waals surface area (Å²) in [6.07, 6.45) is 0. The highest BCUT2D eigenvalue weighted by molar-refractivity contribution is 7.86.